The topological polar surface area (TPSA) is 78.9 Å². The standard InChI is InChI=1S/C16H21ClN2O4/c1-10(23-15-6-4-3-5-13(15)17)8-18-16(22)14-7-12(21)9-19(14)11(2)20/h3-6,10,12,14,21H,7-9H2,1-2H3,(H,18,22)/t10-,12+,14-/m1/s1. The Morgan fingerprint density at radius 2 is 2.17 bits per heavy atom. The van der Waals surface area contributed by atoms with Gasteiger partial charge in [-0.2, -0.15) is 0 Å². The van der Waals surface area contributed by atoms with E-state index in [0.717, 1.165) is 0 Å². The van der Waals surface area contributed by atoms with Crippen LogP contribution >= 0.6 is 11.6 Å². The molecule has 0 radical (unpaired) electrons. The SMILES string of the molecule is CC(=O)N1C[C@@H](O)C[C@@H]1C(=O)NC[C@@H](C)Oc1ccccc1Cl. The van der Waals surface area contributed by atoms with Crippen molar-refractivity contribution < 1.29 is 19.4 Å². The molecule has 1 aromatic carbocycles. The van der Waals surface area contributed by atoms with E-state index in [0.29, 0.717) is 10.8 Å². The highest BCUT2D eigenvalue weighted by Crippen LogP contribution is 2.24. The van der Waals surface area contributed by atoms with Gasteiger partial charge in [0.25, 0.3) is 0 Å². The minimum absolute atomic E-state index is 0.194. The molecule has 0 aliphatic carbocycles. The molecule has 6 nitrogen and oxygen atoms in total. The number of benzene rings is 1. The average molecular weight is 341 g/mol. The van der Waals surface area contributed by atoms with Crippen LogP contribution in [0, 0.1) is 0 Å². The van der Waals surface area contributed by atoms with Crippen LogP contribution in [0.5, 0.6) is 5.75 Å². The molecule has 3 atom stereocenters. The molecule has 0 spiro atoms. The lowest BCUT2D eigenvalue weighted by atomic mass is 10.2. The number of carbonyl (C=O) groups excluding carboxylic acids is 2. The van der Waals surface area contributed by atoms with Gasteiger partial charge in [0.1, 0.15) is 17.9 Å². The molecule has 1 aromatic rings. The van der Waals surface area contributed by atoms with Gasteiger partial charge in [-0.25, -0.2) is 0 Å². The number of aliphatic hydroxyl groups excluding tert-OH is 1. The highest BCUT2D eigenvalue weighted by molar-refractivity contribution is 6.32. The molecular weight excluding hydrogens is 320 g/mol. The number of hydrogen-bond acceptors (Lipinski definition) is 4. The number of hydrogen-bond donors (Lipinski definition) is 2. The minimum atomic E-state index is -0.661. The van der Waals surface area contributed by atoms with Crippen LogP contribution in [0.15, 0.2) is 24.3 Å². The van der Waals surface area contributed by atoms with Crippen molar-refractivity contribution in [3.05, 3.63) is 29.3 Å². The molecule has 7 heteroatoms. The number of nitrogens with zero attached hydrogens (tertiary/aromatic N) is 1. The van der Waals surface area contributed by atoms with Crippen LogP contribution in [0.2, 0.25) is 5.02 Å². The second-order valence-electron chi connectivity index (χ2n) is 5.68. The highest BCUT2D eigenvalue weighted by atomic mass is 35.5. The van der Waals surface area contributed by atoms with Crippen LogP contribution < -0.4 is 10.1 Å². The van der Waals surface area contributed by atoms with E-state index in [2.05, 4.69) is 5.32 Å². The summed E-state index contributed by atoms with van der Waals surface area (Å²) < 4.78 is 5.68. The number of likely N-dealkylation sites (tertiary alicyclic amines) is 1. The van der Waals surface area contributed by atoms with Crippen molar-refractivity contribution in [2.45, 2.75) is 38.5 Å². The van der Waals surface area contributed by atoms with Gasteiger partial charge in [0, 0.05) is 19.9 Å². The number of amides is 2. The number of para-hydroxylation sites is 1. The summed E-state index contributed by atoms with van der Waals surface area (Å²) in [6.07, 6.45) is -0.687. The Morgan fingerprint density at radius 1 is 1.48 bits per heavy atom. The van der Waals surface area contributed by atoms with Gasteiger partial charge in [-0.1, -0.05) is 23.7 Å². The molecule has 1 aliphatic rings. The third kappa shape index (κ3) is 4.59. The zero-order valence-corrected chi connectivity index (χ0v) is 13.9. The lowest BCUT2D eigenvalue weighted by molar-refractivity contribution is -0.137. The molecule has 0 aromatic heterocycles. The fraction of sp³-hybridized carbons (Fsp3) is 0.500. The molecule has 2 amide bonds. The molecule has 2 rings (SSSR count). The van der Waals surface area contributed by atoms with Gasteiger partial charge in [0.05, 0.1) is 17.7 Å². The Morgan fingerprint density at radius 3 is 2.83 bits per heavy atom. The number of halogens is 1. The van der Waals surface area contributed by atoms with Gasteiger partial charge in [-0.15, -0.1) is 0 Å². The fourth-order valence-corrected chi connectivity index (χ4v) is 2.75. The predicted molar refractivity (Wildman–Crippen MR) is 86.4 cm³/mol. The van der Waals surface area contributed by atoms with Crippen molar-refractivity contribution in [2.75, 3.05) is 13.1 Å². The molecule has 23 heavy (non-hydrogen) atoms. The zero-order valence-electron chi connectivity index (χ0n) is 13.2. The fourth-order valence-electron chi connectivity index (χ4n) is 2.57. The molecular formula is C16H21ClN2O4. The molecule has 1 fully saturated rings. The minimum Gasteiger partial charge on any atom is -0.487 e. The van der Waals surface area contributed by atoms with E-state index in [-0.39, 0.29) is 37.4 Å². The van der Waals surface area contributed by atoms with E-state index >= 15 is 0 Å². The normalized spacial score (nSPS) is 21.8. The van der Waals surface area contributed by atoms with Crippen LogP contribution in [0.4, 0.5) is 0 Å². The lowest BCUT2D eigenvalue weighted by Gasteiger charge is -2.23. The first-order valence-corrected chi connectivity index (χ1v) is 7.90. The summed E-state index contributed by atoms with van der Waals surface area (Å²) in [5.74, 6) is 0.0472. The Balaban J connectivity index is 1.86. The summed E-state index contributed by atoms with van der Waals surface area (Å²) in [5, 5.41) is 12.9. The predicted octanol–water partition coefficient (Wildman–Crippen LogP) is 1.21. The Hall–Kier alpha value is -1.79. The average Bonchev–Trinajstić information content (AvgIpc) is 2.89. The largest absolute Gasteiger partial charge is 0.487 e. The molecule has 0 bridgehead atoms. The van der Waals surface area contributed by atoms with E-state index in [1.807, 2.05) is 19.1 Å². The molecule has 1 aliphatic heterocycles. The number of rotatable bonds is 5. The molecule has 126 valence electrons. The van der Waals surface area contributed by atoms with Crippen LogP contribution in [-0.4, -0.2) is 53.2 Å². The number of nitrogens with one attached hydrogen (secondary N) is 1. The molecule has 0 unspecified atom stereocenters. The third-order valence-corrected chi connectivity index (χ3v) is 4.03. The lowest BCUT2D eigenvalue weighted by Crippen LogP contribution is -2.47. The first-order chi connectivity index (χ1) is 10.9. The van der Waals surface area contributed by atoms with Crippen LogP contribution in [-0.2, 0) is 9.59 Å². The van der Waals surface area contributed by atoms with Crippen LogP contribution in [0.1, 0.15) is 20.3 Å². The summed E-state index contributed by atoms with van der Waals surface area (Å²) in [6.45, 7) is 3.68. The van der Waals surface area contributed by atoms with Crippen molar-refractivity contribution in [1.82, 2.24) is 10.2 Å². The summed E-state index contributed by atoms with van der Waals surface area (Å²) in [7, 11) is 0. The Labute approximate surface area is 140 Å². The second-order valence-corrected chi connectivity index (χ2v) is 6.09. The molecule has 2 N–H and O–H groups in total. The van der Waals surface area contributed by atoms with Crippen molar-refractivity contribution in [3.8, 4) is 5.75 Å². The van der Waals surface area contributed by atoms with Gasteiger partial charge in [0.15, 0.2) is 0 Å². The number of ether oxygens (including phenoxy) is 1. The number of carbonyl (C=O) groups is 2. The zero-order chi connectivity index (χ0) is 17.0. The molecule has 0 saturated carbocycles. The molecule has 1 heterocycles. The van der Waals surface area contributed by atoms with Crippen molar-refractivity contribution >= 4 is 23.4 Å². The second kappa shape index (κ2) is 7.66. The first kappa shape index (κ1) is 17.6. The number of aliphatic hydroxyl groups is 1. The van der Waals surface area contributed by atoms with E-state index in [1.165, 1.54) is 11.8 Å². The highest BCUT2D eigenvalue weighted by Gasteiger charge is 2.37. The van der Waals surface area contributed by atoms with Gasteiger partial charge in [-0.05, 0) is 19.1 Å². The monoisotopic (exact) mass is 340 g/mol. The van der Waals surface area contributed by atoms with Crippen molar-refractivity contribution in [3.63, 3.8) is 0 Å². The van der Waals surface area contributed by atoms with Crippen molar-refractivity contribution in [2.24, 2.45) is 0 Å². The smallest absolute Gasteiger partial charge is 0.243 e. The van der Waals surface area contributed by atoms with E-state index < -0.39 is 12.1 Å². The quantitative estimate of drug-likeness (QED) is 0.844. The summed E-state index contributed by atoms with van der Waals surface area (Å²) in [4.78, 5) is 25.1. The summed E-state index contributed by atoms with van der Waals surface area (Å²) in [6, 6.07) is 6.48. The van der Waals surface area contributed by atoms with Crippen LogP contribution in [0.25, 0.3) is 0 Å². The summed E-state index contributed by atoms with van der Waals surface area (Å²) >= 11 is 6.02. The maximum atomic E-state index is 12.2. The van der Waals surface area contributed by atoms with E-state index in [4.69, 9.17) is 16.3 Å². The van der Waals surface area contributed by atoms with Gasteiger partial charge in [0.2, 0.25) is 11.8 Å². The van der Waals surface area contributed by atoms with Gasteiger partial charge in [-0.3, -0.25) is 9.59 Å². The maximum Gasteiger partial charge on any atom is 0.243 e. The van der Waals surface area contributed by atoms with Gasteiger partial charge >= 0.3 is 0 Å². The summed E-state index contributed by atoms with van der Waals surface area (Å²) in [5.41, 5.74) is 0. The van der Waals surface area contributed by atoms with Crippen LogP contribution in [0.3, 0.4) is 0 Å². The van der Waals surface area contributed by atoms with E-state index in [1.54, 1.807) is 12.1 Å². The Kier molecular flexibility index (Phi) is 5.85. The molecule has 1 saturated heterocycles. The van der Waals surface area contributed by atoms with E-state index in [9.17, 15) is 14.7 Å². The first-order valence-electron chi connectivity index (χ1n) is 7.52. The Bertz CT molecular complexity index is 581. The number of β-amino-alcohol motifs (C(OH)–C–C–N with tert-alkyl or cyclic N) is 1. The van der Waals surface area contributed by atoms with Gasteiger partial charge < -0.3 is 20.1 Å². The maximum absolute atomic E-state index is 12.2. The van der Waals surface area contributed by atoms with Crippen molar-refractivity contribution in [1.29, 1.82) is 0 Å². The third-order valence-electron chi connectivity index (χ3n) is 3.71.